The van der Waals surface area contributed by atoms with Gasteiger partial charge in [0.05, 0.1) is 63.8 Å². The first-order valence-electron chi connectivity index (χ1n) is 10.7. The molecule has 0 bridgehead atoms. The van der Waals surface area contributed by atoms with Crippen LogP contribution in [-0.4, -0.2) is 71.7 Å². The molecule has 0 unspecified atom stereocenters. The largest absolute Gasteiger partial charge is 0.494 e. The average Bonchev–Trinajstić information content (AvgIpc) is 3.32. The Morgan fingerprint density at radius 3 is 2.32 bits per heavy atom. The van der Waals surface area contributed by atoms with E-state index in [9.17, 15) is 8.78 Å². The molecule has 4 rings (SSSR count). The van der Waals surface area contributed by atoms with Crippen molar-refractivity contribution in [1.82, 2.24) is 24.6 Å². The molecule has 3 aromatic rings. The van der Waals surface area contributed by atoms with Gasteiger partial charge in [-0.2, -0.15) is 5.10 Å². The second-order valence-corrected chi connectivity index (χ2v) is 7.49. The minimum Gasteiger partial charge on any atom is -0.494 e. The van der Waals surface area contributed by atoms with E-state index < -0.39 is 18.2 Å². The van der Waals surface area contributed by atoms with Crippen LogP contribution in [0.15, 0.2) is 30.9 Å². The van der Waals surface area contributed by atoms with Crippen LogP contribution in [0, 0.1) is 11.6 Å². The van der Waals surface area contributed by atoms with Crippen LogP contribution < -0.4 is 19.5 Å². The zero-order chi connectivity index (χ0) is 23.9. The third kappa shape index (κ3) is 5.69. The van der Waals surface area contributed by atoms with Crippen LogP contribution in [0.4, 0.5) is 20.4 Å². The summed E-state index contributed by atoms with van der Waals surface area (Å²) in [6.45, 7) is 4.65. The number of methoxy groups -OCH3 is 2. The second kappa shape index (κ2) is 11.1. The number of hydrogen-bond donors (Lipinski definition) is 1. The number of aromatic nitrogens is 4. The van der Waals surface area contributed by atoms with Gasteiger partial charge in [-0.25, -0.2) is 18.7 Å². The zero-order valence-corrected chi connectivity index (χ0v) is 19.0. The number of rotatable bonds is 10. The zero-order valence-electron chi connectivity index (χ0n) is 19.0. The normalized spacial score (nSPS) is 14.1. The van der Waals surface area contributed by atoms with Gasteiger partial charge in [-0.15, -0.1) is 0 Å². The minimum absolute atomic E-state index is 0.141. The second-order valence-electron chi connectivity index (χ2n) is 7.49. The van der Waals surface area contributed by atoms with Crippen LogP contribution in [0.5, 0.6) is 17.2 Å². The number of nitrogens with zero attached hydrogens (tertiary/aromatic N) is 5. The van der Waals surface area contributed by atoms with Crippen molar-refractivity contribution in [1.29, 1.82) is 0 Å². The van der Waals surface area contributed by atoms with Crippen molar-refractivity contribution in [3.05, 3.63) is 48.1 Å². The lowest BCUT2D eigenvalue weighted by molar-refractivity contribution is 0.0360. The number of benzene rings is 1. The van der Waals surface area contributed by atoms with Gasteiger partial charge in [-0.05, 0) is 0 Å². The smallest absolute Gasteiger partial charge is 0.227 e. The third-order valence-corrected chi connectivity index (χ3v) is 5.31. The van der Waals surface area contributed by atoms with Gasteiger partial charge in [-0.3, -0.25) is 9.58 Å². The van der Waals surface area contributed by atoms with Crippen LogP contribution >= 0.6 is 0 Å². The first kappa shape index (κ1) is 23.6. The van der Waals surface area contributed by atoms with Gasteiger partial charge in [-0.1, -0.05) is 0 Å². The molecule has 182 valence electrons. The van der Waals surface area contributed by atoms with E-state index in [4.69, 9.17) is 18.9 Å². The van der Waals surface area contributed by atoms with Gasteiger partial charge < -0.3 is 24.3 Å². The van der Waals surface area contributed by atoms with E-state index in [0.29, 0.717) is 5.95 Å². The van der Waals surface area contributed by atoms with E-state index in [0.717, 1.165) is 51.1 Å². The van der Waals surface area contributed by atoms with Crippen molar-refractivity contribution in [2.45, 2.75) is 13.2 Å². The molecule has 1 saturated heterocycles. The Morgan fingerprint density at radius 2 is 1.68 bits per heavy atom. The molecule has 0 saturated carbocycles. The van der Waals surface area contributed by atoms with Crippen molar-refractivity contribution in [3.8, 4) is 17.2 Å². The van der Waals surface area contributed by atoms with Crippen LogP contribution in [0.3, 0.4) is 0 Å². The van der Waals surface area contributed by atoms with Crippen molar-refractivity contribution < 1.29 is 27.7 Å². The standard InChI is InChI=1S/C22H26F2N6O4/c1-31-18-9-19(32-2)21(24)17(20(18)23)14-34-16-11-25-22(26-12-16)28-15-10-27-30(13-15)4-3-29-5-7-33-8-6-29/h9-13H,3-8,14H2,1-2H3,(H,25,26,28). The number of hydrogen-bond acceptors (Lipinski definition) is 9. The molecule has 0 radical (unpaired) electrons. The maximum absolute atomic E-state index is 14.5. The summed E-state index contributed by atoms with van der Waals surface area (Å²) in [5.74, 6) is -1.42. The monoisotopic (exact) mass is 476 g/mol. The summed E-state index contributed by atoms with van der Waals surface area (Å²) in [5, 5.41) is 7.41. The number of ether oxygens (including phenoxy) is 4. The molecule has 0 spiro atoms. The topological polar surface area (TPSA) is 95.8 Å². The van der Waals surface area contributed by atoms with Gasteiger partial charge >= 0.3 is 0 Å². The fraction of sp³-hybridized carbons (Fsp3) is 0.409. The maximum Gasteiger partial charge on any atom is 0.227 e. The summed E-state index contributed by atoms with van der Waals surface area (Å²) in [7, 11) is 2.57. The van der Waals surface area contributed by atoms with E-state index in [1.54, 1.807) is 6.20 Å². The van der Waals surface area contributed by atoms with Crippen LogP contribution in [0.2, 0.25) is 0 Å². The molecule has 12 heteroatoms. The molecule has 1 aliphatic rings. The molecular weight excluding hydrogens is 450 g/mol. The minimum atomic E-state index is -0.856. The van der Waals surface area contributed by atoms with Gasteiger partial charge in [0, 0.05) is 31.9 Å². The third-order valence-electron chi connectivity index (χ3n) is 5.31. The van der Waals surface area contributed by atoms with Crippen LogP contribution in [0.25, 0.3) is 0 Å². The van der Waals surface area contributed by atoms with Crippen molar-refractivity contribution in [2.75, 3.05) is 52.4 Å². The number of morpholine rings is 1. The van der Waals surface area contributed by atoms with Crippen LogP contribution in [0.1, 0.15) is 5.56 Å². The summed E-state index contributed by atoms with van der Waals surface area (Å²) in [4.78, 5) is 10.7. The molecule has 0 aliphatic carbocycles. The summed E-state index contributed by atoms with van der Waals surface area (Å²) in [5.41, 5.74) is 0.422. The van der Waals surface area contributed by atoms with Crippen molar-refractivity contribution in [2.24, 2.45) is 0 Å². The predicted molar refractivity (Wildman–Crippen MR) is 119 cm³/mol. The fourth-order valence-electron chi connectivity index (χ4n) is 3.42. The molecule has 1 aromatic carbocycles. The Balaban J connectivity index is 1.32. The first-order chi connectivity index (χ1) is 16.6. The van der Waals surface area contributed by atoms with Crippen molar-refractivity contribution >= 4 is 11.6 Å². The molecule has 10 nitrogen and oxygen atoms in total. The highest BCUT2D eigenvalue weighted by Crippen LogP contribution is 2.32. The van der Waals surface area contributed by atoms with Gasteiger partial charge in [0.1, 0.15) is 6.61 Å². The number of anilines is 2. The molecule has 1 aliphatic heterocycles. The summed E-state index contributed by atoms with van der Waals surface area (Å²) < 4.78 is 51.5. The summed E-state index contributed by atoms with van der Waals surface area (Å²) >= 11 is 0. The van der Waals surface area contributed by atoms with Gasteiger partial charge in [0.2, 0.25) is 5.95 Å². The van der Waals surface area contributed by atoms with E-state index in [1.165, 1.54) is 26.6 Å². The molecule has 0 amide bonds. The molecule has 2 aromatic heterocycles. The Labute approximate surface area is 195 Å². The van der Waals surface area contributed by atoms with Crippen LogP contribution in [-0.2, 0) is 17.9 Å². The maximum atomic E-state index is 14.5. The van der Waals surface area contributed by atoms with Crippen molar-refractivity contribution in [3.63, 3.8) is 0 Å². The van der Waals surface area contributed by atoms with E-state index in [-0.39, 0.29) is 22.8 Å². The Kier molecular flexibility index (Phi) is 7.70. The molecule has 1 N–H and O–H groups in total. The molecule has 34 heavy (non-hydrogen) atoms. The lowest BCUT2D eigenvalue weighted by Crippen LogP contribution is -2.38. The highest BCUT2D eigenvalue weighted by Gasteiger charge is 2.20. The summed E-state index contributed by atoms with van der Waals surface area (Å²) in [6.07, 6.45) is 6.38. The SMILES string of the molecule is COc1cc(OC)c(F)c(COc2cnc(Nc3cnn(CCN4CCOCC4)c3)nc2)c1F. The highest BCUT2D eigenvalue weighted by molar-refractivity contribution is 5.50. The Morgan fingerprint density at radius 1 is 1.00 bits per heavy atom. The number of halogens is 2. The fourth-order valence-corrected chi connectivity index (χ4v) is 3.42. The lowest BCUT2D eigenvalue weighted by atomic mass is 10.1. The molecule has 0 atom stereocenters. The lowest BCUT2D eigenvalue weighted by Gasteiger charge is -2.26. The quantitative estimate of drug-likeness (QED) is 0.474. The molecule has 1 fully saturated rings. The van der Waals surface area contributed by atoms with Gasteiger partial charge in [0.25, 0.3) is 0 Å². The Bertz CT molecular complexity index is 1060. The van der Waals surface area contributed by atoms with E-state index >= 15 is 0 Å². The van der Waals surface area contributed by atoms with E-state index in [1.807, 2.05) is 10.9 Å². The highest BCUT2D eigenvalue weighted by atomic mass is 19.1. The number of nitrogens with one attached hydrogen (secondary N) is 1. The van der Waals surface area contributed by atoms with E-state index in [2.05, 4.69) is 25.3 Å². The molecule has 3 heterocycles. The Hall–Kier alpha value is -3.51. The van der Waals surface area contributed by atoms with Gasteiger partial charge in [0.15, 0.2) is 28.9 Å². The first-order valence-corrected chi connectivity index (χ1v) is 10.7. The summed E-state index contributed by atoms with van der Waals surface area (Å²) in [6, 6.07) is 1.14. The predicted octanol–water partition coefficient (Wildman–Crippen LogP) is 2.62. The molecular formula is C22H26F2N6O4. The average molecular weight is 476 g/mol.